The van der Waals surface area contributed by atoms with Crippen LogP contribution in [0.15, 0.2) is 12.2 Å². The van der Waals surface area contributed by atoms with Gasteiger partial charge in [0.1, 0.15) is 0 Å². The monoisotopic (exact) mass is 268 g/mol. The maximum Gasteiger partial charge on any atom is 0.317 e. The third-order valence-electron chi connectivity index (χ3n) is 3.94. The number of rotatable bonds is 5. The van der Waals surface area contributed by atoms with Gasteiger partial charge in [-0.15, -0.1) is 0 Å². The van der Waals surface area contributed by atoms with Gasteiger partial charge in [-0.05, 0) is 25.7 Å². The van der Waals surface area contributed by atoms with Crippen LogP contribution in [0.5, 0.6) is 0 Å². The lowest BCUT2D eigenvalue weighted by Crippen LogP contribution is -2.43. The summed E-state index contributed by atoms with van der Waals surface area (Å²) in [7, 11) is 0. The van der Waals surface area contributed by atoms with Gasteiger partial charge in [-0.3, -0.25) is 4.79 Å². The Bertz CT molecular complexity index is 366. The molecule has 0 radical (unpaired) electrons. The average molecular weight is 268 g/mol. The predicted molar refractivity (Wildman–Crippen MR) is 73.9 cm³/mol. The number of hydrogen-bond donors (Lipinski definition) is 2. The highest BCUT2D eigenvalue weighted by molar-refractivity contribution is 5.80. The third-order valence-corrected chi connectivity index (χ3v) is 3.94. The summed E-state index contributed by atoms with van der Waals surface area (Å²) in [6.07, 6.45) is 5.25. The second-order valence-electron chi connectivity index (χ2n) is 5.38. The van der Waals surface area contributed by atoms with Crippen LogP contribution in [-0.2, 0) is 4.79 Å². The van der Waals surface area contributed by atoms with E-state index in [1.165, 1.54) is 0 Å². The van der Waals surface area contributed by atoms with Crippen LogP contribution in [0.1, 0.15) is 33.6 Å². The fraction of sp³-hybridized carbons (Fsp3) is 0.714. The number of nitrogens with zero attached hydrogens (tertiary/aromatic N) is 1. The molecule has 1 unspecified atom stereocenters. The van der Waals surface area contributed by atoms with Crippen molar-refractivity contribution in [3.05, 3.63) is 12.2 Å². The molecule has 0 aromatic carbocycles. The fourth-order valence-corrected chi connectivity index (χ4v) is 2.44. The van der Waals surface area contributed by atoms with Crippen molar-refractivity contribution in [2.24, 2.45) is 11.3 Å². The number of aliphatic carboxylic acids is 1. The molecule has 2 amide bonds. The zero-order valence-electron chi connectivity index (χ0n) is 12.0. The molecule has 1 saturated heterocycles. The van der Waals surface area contributed by atoms with Gasteiger partial charge in [0.25, 0.3) is 0 Å². The van der Waals surface area contributed by atoms with E-state index in [1.54, 1.807) is 4.90 Å². The van der Waals surface area contributed by atoms with E-state index in [9.17, 15) is 14.7 Å². The van der Waals surface area contributed by atoms with Gasteiger partial charge < -0.3 is 15.3 Å². The van der Waals surface area contributed by atoms with Crippen molar-refractivity contribution in [1.29, 1.82) is 0 Å². The van der Waals surface area contributed by atoms with Gasteiger partial charge >= 0.3 is 12.0 Å². The van der Waals surface area contributed by atoms with E-state index in [4.69, 9.17) is 0 Å². The third kappa shape index (κ3) is 3.49. The summed E-state index contributed by atoms with van der Waals surface area (Å²) in [4.78, 5) is 25.0. The van der Waals surface area contributed by atoms with Gasteiger partial charge in [0.15, 0.2) is 0 Å². The number of carboxylic acid groups (broad SMARTS) is 1. The van der Waals surface area contributed by atoms with Crippen molar-refractivity contribution < 1.29 is 14.7 Å². The lowest BCUT2D eigenvalue weighted by molar-refractivity contribution is -0.150. The van der Waals surface area contributed by atoms with Crippen molar-refractivity contribution in [3.63, 3.8) is 0 Å². The number of nitrogens with one attached hydrogen (secondary N) is 1. The summed E-state index contributed by atoms with van der Waals surface area (Å²) in [5, 5.41) is 12.2. The van der Waals surface area contributed by atoms with E-state index in [0.29, 0.717) is 26.1 Å². The smallest absolute Gasteiger partial charge is 0.317 e. The van der Waals surface area contributed by atoms with E-state index in [0.717, 1.165) is 6.42 Å². The Morgan fingerprint density at radius 1 is 1.47 bits per heavy atom. The Kier molecular flexibility index (Phi) is 5.39. The molecule has 1 fully saturated rings. The lowest BCUT2D eigenvalue weighted by atomic mass is 9.76. The highest BCUT2D eigenvalue weighted by Gasteiger charge is 2.48. The van der Waals surface area contributed by atoms with Crippen LogP contribution in [-0.4, -0.2) is 41.6 Å². The second-order valence-corrected chi connectivity index (χ2v) is 5.38. The molecule has 19 heavy (non-hydrogen) atoms. The minimum atomic E-state index is -0.799. The first-order chi connectivity index (χ1) is 8.94. The summed E-state index contributed by atoms with van der Waals surface area (Å²) in [5.74, 6) is -0.780. The highest BCUT2D eigenvalue weighted by atomic mass is 16.4. The van der Waals surface area contributed by atoms with Gasteiger partial charge in [0.2, 0.25) is 0 Å². The van der Waals surface area contributed by atoms with Crippen LogP contribution in [0.25, 0.3) is 0 Å². The number of amides is 2. The first kappa shape index (κ1) is 15.5. The molecular formula is C14H24N2O3. The van der Waals surface area contributed by atoms with Crippen LogP contribution in [0.4, 0.5) is 4.79 Å². The topological polar surface area (TPSA) is 69.6 Å². The molecule has 1 aliphatic heterocycles. The van der Waals surface area contributed by atoms with E-state index in [2.05, 4.69) is 5.32 Å². The molecule has 0 aromatic rings. The zero-order chi connectivity index (χ0) is 14.5. The molecule has 0 aliphatic carbocycles. The summed E-state index contributed by atoms with van der Waals surface area (Å²) in [5.41, 5.74) is -0.791. The van der Waals surface area contributed by atoms with Crippen LogP contribution in [0.3, 0.4) is 0 Å². The maximum absolute atomic E-state index is 11.9. The normalized spacial score (nSPS) is 23.3. The van der Waals surface area contributed by atoms with Crippen LogP contribution in [0, 0.1) is 11.3 Å². The van der Waals surface area contributed by atoms with Crippen LogP contribution < -0.4 is 5.32 Å². The Morgan fingerprint density at radius 3 is 2.63 bits per heavy atom. The highest BCUT2D eigenvalue weighted by Crippen LogP contribution is 2.38. The van der Waals surface area contributed by atoms with Gasteiger partial charge in [-0.1, -0.05) is 26.0 Å². The Balaban J connectivity index is 2.55. The average Bonchev–Trinajstić information content (AvgIpc) is 2.81. The number of likely N-dealkylation sites (tertiary alicyclic amines) is 1. The molecule has 108 valence electrons. The van der Waals surface area contributed by atoms with Crippen molar-refractivity contribution in [1.82, 2.24) is 10.2 Å². The summed E-state index contributed by atoms with van der Waals surface area (Å²) in [6, 6.07) is -0.159. The first-order valence-electron chi connectivity index (χ1n) is 6.81. The van der Waals surface area contributed by atoms with Gasteiger partial charge in [0.05, 0.1) is 5.41 Å². The quantitative estimate of drug-likeness (QED) is 0.592. The molecule has 5 nitrogen and oxygen atoms in total. The van der Waals surface area contributed by atoms with Crippen LogP contribution in [0.2, 0.25) is 0 Å². The van der Waals surface area contributed by atoms with Gasteiger partial charge in [-0.2, -0.15) is 0 Å². The number of urea groups is 1. The molecule has 0 bridgehead atoms. The minimum absolute atomic E-state index is 0.0193. The zero-order valence-corrected chi connectivity index (χ0v) is 12.0. The maximum atomic E-state index is 11.9. The summed E-state index contributed by atoms with van der Waals surface area (Å²) >= 11 is 0. The number of carbonyl (C=O) groups excluding carboxylic acids is 1. The summed E-state index contributed by atoms with van der Waals surface area (Å²) < 4.78 is 0. The van der Waals surface area contributed by atoms with Crippen molar-refractivity contribution in [2.45, 2.75) is 33.6 Å². The number of carboxylic acids is 1. The van der Waals surface area contributed by atoms with E-state index >= 15 is 0 Å². The number of carbonyl (C=O) groups is 2. The SMILES string of the molecule is C/C=C/CCNC(=O)N1CCC(C(=O)O)(C(C)C)C1. The van der Waals surface area contributed by atoms with E-state index < -0.39 is 11.4 Å². The minimum Gasteiger partial charge on any atom is -0.481 e. The van der Waals surface area contributed by atoms with E-state index in [-0.39, 0.29) is 11.9 Å². The Hall–Kier alpha value is -1.52. The molecule has 5 heteroatoms. The Morgan fingerprint density at radius 2 is 2.16 bits per heavy atom. The largest absolute Gasteiger partial charge is 0.481 e. The Labute approximate surface area is 114 Å². The molecule has 0 aromatic heterocycles. The summed E-state index contributed by atoms with van der Waals surface area (Å²) in [6.45, 7) is 7.14. The molecule has 1 atom stereocenters. The molecule has 1 heterocycles. The number of allylic oxidation sites excluding steroid dienone is 1. The lowest BCUT2D eigenvalue weighted by Gasteiger charge is -2.28. The number of hydrogen-bond acceptors (Lipinski definition) is 2. The van der Waals surface area contributed by atoms with Crippen molar-refractivity contribution in [2.75, 3.05) is 19.6 Å². The standard InChI is InChI=1S/C14H24N2O3/c1-4-5-6-8-15-13(19)16-9-7-14(10-16,11(2)3)12(17)18/h4-5,11H,6-10H2,1-3H3,(H,15,19)(H,17,18)/b5-4+. The molecule has 0 saturated carbocycles. The molecule has 1 aliphatic rings. The molecular weight excluding hydrogens is 244 g/mol. The fourth-order valence-electron chi connectivity index (χ4n) is 2.44. The second kappa shape index (κ2) is 6.59. The van der Waals surface area contributed by atoms with Gasteiger partial charge in [-0.25, -0.2) is 4.79 Å². The van der Waals surface area contributed by atoms with Crippen molar-refractivity contribution in [3.8, 4) is 0 Å². The van der Waals surface area contributed by atoms with Gasteiger partial charge in [0, 0.05) is 19.6 Å². The van der Waals surface area contributed by atoms with Crippen molar-refractivity contribution >= 4 is 12.0 Å². The predicted octanol–water partition coefficient (Wildman–Crippen LogP) is 2.09. The van der Waals surface area contributed by atoms with Crippen LogP contribution >= 0.6 is 0 Å². The van der Waals surface area contributed by atoms with E-state index in [1.807, 2.05) is 32.9 Å². The molecule has 0 spiro atoms. The molecule has 1 rings (SSSR count). The molecule has 2 N–H and O–H groups in total. The first-order valence-corrected chi connectivity index (χ1v) is 6.81.